The third kappa shape index (κ3) is 4.09. The fourth-order valence-corrected chi connectivity index (χ4v) is 3.51. The van der Waals surface area contributed by atoms with Crippen LogP contribution in [-0.2, 0) is 4.79 Å². The highest BCUT2D eigenvalue weighted by Crippen LogP contribution is 2.25. The van der Waals surface area contributed by atoms with Gasteiger partial charge >= 0.3 is 0 Å². The number of hydrogen-bond donors (Lipinski definition) is 0. The Bertz CT molecular complexity index is 1110. The second-order valence-electron chi connectivity index (χ2n) is 8.20. The molecule has 0 aliphatic heterocycles. The zero-order chi connectivity index (χ0) is 21.3. The average Bonchev–Trinajstić information content (AvgIpc) is 2.68. The first-order valence-corrected chi connectivity index (χ1v) is 10.1. The maximum atomic E-state index is 13.5. The van der Waals surface area contributed by atoms with Gasteiger partial charge < -0.3 is 4.90 Å². The fraction of sp³-hybridized carbons (Fsp3) is 0.375. The summed E-state index contributed by atoms with van der Waals surface area (Å²) in [5.41, 5.74) is 3.38. The number of benzene rings is 2. The number of aryl methyl sites for hydroxylation is 2. The maximum Gasteiger partial charge on any atom is 0.266 e. The van der Waals surface area contributed by atoms with E-state index in [1.54, 1.807) is 22.6 Å². The smallest absolute Gasteiger partial charge is 0.266 e. The molecule has 29 heavy (non-hydrogen) atoms. The summed E-state index contributed by atoms with van der Waals surface area (Å²) in [5.74, 6) is 0.882. The number of amides is 1. The van der Waals surface area contributed by atoms with E-state index in [4.69, 9.17) is 4.98 Å². The quantitative estimate of drug-likeness (QED) is 0.640. The Morgan fingerprint density at radius 3 is 2.48 bits per heavy atom. The van der Waals surface area contributed by atoms with E-state index < -0.39 is 0 Å². The van der Waals surface area contributed by atoms with Crippen LogP contribution in [-0.4, -0.2) is 27.4 Å². The normalized spacial score (nSPS) is 12.4. The van der Waals surface area contributed by atoms with Crippen LogP contribution in [0.25, 0.3) is 16.6 Å². The molecular formula is C24H29N3O2. The van der Waals surface area contributed by atoms with Gasteiger partial charge in [-0.2, -0.15) is 0 Å². The standard InChI is InChI=1S/C24H29N3O2/c1-15(2)13-22(28)26(6)18(5)23-25-20-10-8-7-9-19(20)24(29)27(23)21-14-16(3)11-12-17(21)4/h7-12,14-15,18H,13H2,1-6H3. The predicted octanol–water partition coefficient (Wildman–Crippen LogP) is 4.57. The molecule has 5 nitrogen and oxygen atoms in total. The molecule has 0 saturated carbocycles. The minimum atomic E-state index is -0.349. The Morgan fingerprint density at radius 1 is 1.10 bits per heavy atom. The highest BCUT2D eigenvalue weighted by molar-refractivity contribution is 5.79. The number of aromatic nitrogens is 2. The van der Waals surface area contributed by atoms with E-state index in [-0.39, 0.29) is 23.4 Å². The fourth-order valence-electron chi connectivity index (χ4n) is 3.51. The lowest BCUT2D eigenvalue weighted by Crippen LogP contribution is -2.35. The SMILES string of the molecule is Cc1ccc(C)c(-n2c(C(C)N(C)C(=O)CC(C)C)nc3ccccc3c2=O)c1. The molecule has 1 heterocycles. The molecule has 0 bridgehead atoms. The molecule has 0 fully saturated rings. The van der Waals surface area contributed by atoms with Crippen molar-refractivity contribution in [2.45, 2.75) is 47.1 Å². The van der Waals surface area contributed by atoms with Gasteiger partial charge in [-0.15, -0.1) is 0 Å². The van der Waals surface area contributed by atoms with Crippen molar-refractivity contribution in [3.05, 3.63) is 69.8 Å². The molecule has 0 spiro atoms. The number of carbonyl (C=O) groups is 1. The molecule has 0 saturated heterocycles. The molecule has 3 aromatic rings. The Labute approximate surface area is 172 Å². The summed E-state index contributed by atoms with van der Waals surface area (Å²) in [7, 11) is 1.78. The topological polar surface area (TPSA) is 55.2 Å². The predicted molar refractivity (Wildman–Crippen MR) is 117 cm³/mol. The van der Waals surface area contributed by atoms with Crippen LogP contribution < -0.4 is 5.56 Å². The van der Waals surface area contributed by atoms with Gasteiger partial charge in [0.05, 0.1) is 22.6 Å². The molecule has 1 amide bonds. The number of nitrogens with zero attached hydrogens (tertiary/aromatic N) is 3. The summed E-state index contributed by atoms with van der Waals surface area (Å²) in [4.78, 5) is 32.7. The molecule has 0 N–H and O–H groups in total. The molecule has 1 atom stereocenters. The second kappa shape index (κ2) is 8.19. The number of rotatable bonds is 5. The minimum absolute atomic E-state index is 0.0439. The Kier molecular flexibility index (Phi) is 5.87. The van der Waals surface area contributed by atoms with E-state index in [1.807, 2.05) is 71.0 Å². The Balaban J connectivity index is 2.26. The number of hydrogen-bond acceptors (Lipinski definition) is 3. The highest BCUT2D eigenvalue weighted by atomic mass is 16.2. The van der Waals surface area contributed by atoms with Crippen molar-refractivity contribution < 1.29 is 4.79 Å². The molecule has 5 heteroatoms. The van der Waals surface area contributed by atoms with Crippen molar-refractivity contribution in [2.75, 3.05) is 7.05 Å². The van der Waals surface area contributed by atoms with Crippen LogP contribution in [0.5, 0.6) is 0 Å². The summed E-state index contributed by atoms with van der Waals surface area (Å²) >= 11 is 0. The van der Waals surface area contributed by atoms with Gasteiger partial charge in [0.15, 0.2) is 0 Å². The summed E-state index contributed by atoms with van der Waals surface area (Å²) in [5, 5.41) is 0.570. The first-order chi connectivity index (χ1) is 13.7. The molecule has 1 aromatic heterocycles. The van der Waals surface area contributed by atoms with Crippen LogP contribution >= 0.6 is 0 Å². The van der Waals surface area contributed by atoms with Crippen molar-refractivity contribution in [2.24, 2.45) is 5.92 Å². The van der Waals surface area contributed by atoms with E-state index in [1.165, 1.54) is 0 Å². The largest absolute Gasteiger partial charge is 0.336 e. The molecule has 0 aliphatic rings. The first-order valence-electron chi connectivity index (χ1n) is 10.1. The zero-order valence-electron chi connectivity index (χ0n) is 18.1. The third-order valence-electron chi connectivity index (χ3n) is 5.34. The van der Waals surface area contributed by atoms with E-state index in [0.717, 1.165) is 16.8 Å². The van der Waals surface area contributed by atoms with Gasteiger partial charge in [-0.25, -0.2) is 4.98 Å². The van der Waals surface area contributed by atoms with Crippen molar-refractivity contribution >= 4 is 16.8 Å². The molecule has 1 unspecified atom stereocenters. The van der Waals surface area contributed by atoms with Crippen molar-refractivity contribution in [1.82, 2.24) is 14.5 Å². The number of carbonyl (C=O) groups excluding carboxylic acids is 1. The van der Waals surface area contributed by atoms with Gasteiger partial charge in [-0.3, -0.25) is 14.2 Å². The number of para-hydroxylation sites is 1. The summed E-state index contributed by atoms with van der Waals surface area (Å²) in [6, 6.07) is 13.1. The first kappa shape index (κ1) is 20.8. The van der Waals surface area contributed by atoms with E-state index in [0.29, 0.717) is 23.1 Å². The van der Waals surface area contributed by atoms with Crippen LogP contribution in [0.1, 0.15) is 50.2 Å². The lowest BCUT2D eigenvalue weighted by Gasteiger charge is -2.28. The van der Waals surface area contributed by atoms with Gasteiger partial charge in [0.1, 0.15) is 5.82 Å². The molecule has 0 radical (unpaired) electrons. The van der Waals surface area contributed by atoms with Gasteiger partial charge in [-0.1, -0.05) is 38.1 Å². The van der Waals surface area contributed by atoms with Gasteiger partial charge in [0, 0.05) is 13.5 Å². The summed E-state index contributed by atoms with van der Waals surface area (Å²) in [6.07, 6.45) is 0.460. The Hall–Kier alpha value is -2.95. The van der Waals surface area contributed by atoms with E-state index in [2.05, 4.69) is 0 Å². The molecular weight excluding hydrogens is 362 g/mol. The maximum absolute atomic E-state index is 13.5. The van der Waals surface area contributed by atoms with Gasteiger partial charge in [-0.05, 0) is 56.0 Å². The van der Waals surface area contributed by atoms with Crippen molar-refractivity contribution in [3.8, 4) is 5.69 Å². The van der Waals surface area contributed by atoms with Crippen LogP contribution in [0.2, 0.25) is 0 Å². The minimum Gasteiger partial charge on any atom is -0.336 e. The summed E-state index contributed by atoms with van der Waals surface area (Å²) < 4.78 is 1.68. The van der Waals surface area contributed by atoms with E-state index >= 15 is 0 Å². The lowest BCUT2D eigenvalue weighted by molar-refractivity contribution is -0.132. The Morgan fingerprint density at radius 2 is 1.79 bits per heavy atom. The second-order valence-corrected chi connectivity index (χ2v) is 8.20. The summed E-state index contributed by atoms with van der Waals surface area (Å²) in [6.45, 7) is 9.96. The highest BCUT2D eigenvalue weighted by Gasteiger charge is 2.25. The third-order valence-corrected chi connectivity index (χ3v) is 5.34. The monoisotopic (exact) mass is 391 g/mol. The molecule has 2 aromatic carbocycles. The number of fused-ring (bicyclic) bond motifs is 1. The zero-order valence-corrected chi connectivity index (χ0v) is 18.1. The van der Waals surface area contributed by atoms with Crippen LogP contribution in [0.15, 0.2) is 47.3 Å². The lowest BCUT2D eigenvalue weighted by atomic mass is 10.1. The average molecular weight is 392 g/mol. The van der Waals surface area contributed by atoms with Crippen molar-refractivity contribution in [3.63, 3.8) is 0 Å². The molecule has 0 aliphatic carbocycles. The van der Waals surface area contributed by atoms with E-state index in [9.17, 15) is 9.59 Å². The van der Waals surface area contributed by atoms with Gasteiger partial charge in [0.25, 0.3) is 5.56 Å². The molecule has 3 rings (SSSR count). The van der Waals surface area contributed by atoms with Crippen LogP contribution in [0.4, 0.5) is 0 Å². The van der Waals surface area contributed by atoms with Gasteiger partial charge in [0.2, 0.25) is 5.91 Å². The molecule has 152 valence electrons. The van der Waals surface area contributed by atoms with Crippen LogP contribution in [0, 0.1) is 19.8 Å². The van der Waals surface area contributed by atoms with Crippen molar-refractivity contribution in [1.29, 1.82) is 0 Å². The van der Waals surface area contributed by atoms with Crippen LogP contribution in [0.3, 0.4) is 0 Å².